The molecule has 0 spiro atoms. The number of hydrogen-bond donors (Lipinski definition) is 0. The molecule has 0 aromatic rings. The zero-order valence-corrected chi connectivity index (χ0v) is 40.6. The van der Waals surface area contributed by atoms with Crippen LogP contribution < -0.4 is 0 Å². The first-order valence-electron chi connectivity index (χ1n) is 26.0. The third kappa shape index (κ3) is 40.2. The molecule has 0 aliphatic carbocycles. The summed E-state index contributed by atoms with van der Waals surface area (Å²) < 4.78 is 11.1. The number of amides is 1. The van der Waals surface area contributed by atoms with Crippen molar-refractivity contribution < 1.29 is 23.9 Å². The van der Waals surface area contributed by atoms with Crippen molar-refractivity contribution in [1.29, 1.82) is 0 Å². The molecule has 0 aliphatic heterocycles. The highest BCUT2D eigenvalue weighted by Gasteiger charge is 2.14. The molecular weight excluding hydrogens is 733 g/mol. The quantitative estimate of drug-likeness (QED) is 0.0449. The molecule has 0 fully saturated rings. The first-order chi connectivity index (χ1) is 28.8. The summed E-state index contributed by atoms with van der Waals surface area (Å²) in [5.74, 6) is 1.98. The highest BCUT2D eigenvalue weighted by molar-refractivity contribution is 5.76. The second-order valence-electron chi connectivity index (χ2n) is 18.5. The van der Waals surface area contributed by atoms with Gasteiger partial charge in [-0.2, -0.15) is 0 Å². The van der Waals surface area contributed by atoms with Gasteiger partial charge >= 0.3 is 11.9 Å². The van der Waals surface area contributed by atoms with Crippen molar-refractivity contribution in [2.75, 3.05) is 46.9 Å². The fraction of sp³-hybridized carbons (Fsp3) is 0.942. The van der Waals surface area contributed by atoms with Crippen LogP contribution in [0.5, 0.6) is 0 Å². The van der Waals surface area contributed by atoms with Gasteiger partial charge in [0, 0.05) is 32.4 Å². The summed E-state index contributed by atoms with van der Waals surface area (Å²) in [6.45, 7) is 13.0. The zero-order valence-electron chi connectivity index (χ0n) is 40.6. The van der Waals surface area contributed by atoms with Crippen LogP contribution in [-0.2, 0) is 23.9 Å². The molecule has 0 aliphatic rings. The minimum atomic E-state index is -0.0209. The minimum absolute atomic E-state index is 0.0209. The molecule has 0 aromatic carbocycles. The summed E-state index contributed by atoms with van der Waals surface area (Å²) in [4.78, 5) is 41.9. The summed E-state index contributed by atoms with van der Waals surface area (Å²) in [5.41, 5.74) is 0. The Hall–Kier alpha value is -1.63. The average molecular weight is 835 g/mol. The van der Waals surface area contributed by atoms with Gasteiger partial charge in [0.25, 0.3) is 0 Å². The number of nitrogens with zero attached hydrogens (tertiary/aromatic N) is 2. The van der Waals surface area contributed by atoms with Gasteiger partial charge < -0.3 is 19.3 Å². The second kappa shape index (κ2) is 44.4. The first-order valence-corrected chi connectivity index (χ1v) is 26.0. The predicted molar refractivity (Wildman–Crippen MR) is 253 cm³/mol. The smallest absolute Gasteiger partial charge is 0.305 e. The molecule has 0 rings (SSSR count). The van der Waals surface area contributed by atoms with Crippen molar-refractivity contribution in [1.82, 2.24) is 9.80 Å². The lowest BCUT2D eigenvalue weighted by Gasteiger charge is -2.23. The molecule has 0 heterocycles. The largest absolute Gasteiger partial charge is 0.466 e. The standard InChI is InChI=1S/C52H102N2O5/c1-7-11-34-48(35-12-8-2)38-27-31-46-58-51(56)41-25-21-17-15-19-23-29-44-54(50(55)40-33-43-53(5)6)45-30-24-20-16-18-22-26-42-52(57)59-47-32-28-39-49(36-13-9-3)37-14-10-4/h48-49H,7-47H2,1-6H3. The number of rotatable bonds is 46. The van der Waals surface area contributed by atoms with Crippen LogP contribution in [0.25, 0.3) is 0 Å². The molecule has 0 atom stereocenters. The molecule has 0 bridgehead atoms. The van der Waals surface area contributed by atoms with E-state index in [0.717, 1.165) is 102 Å². The Kier molecular flexibility index (Phi) is 43.2. The normalized spacial score (nSPS) is 11.6. The molecular formula is C52H102N2O5. The van der Waals surface area contributed by atoms with E-state index in [2.05, 4.69) is 51.6 Å². The summed E-state index contributed by atoms with van der Waals surface area (Å²) in [6, 6.07) is 0. The van der Waals surface area contributed by atoms with Gasteiger partial charge in [-0.05, 0) is 90.3 Å². The van der Waals surface area contributed by atoms with Crippen molar-refractivity contribution in [3.05, 3.63) is 0 Å². The number of carbonyl (C=O) groups excluding carboxylic acids is 3. The monoisotopic (exact) mass is 835 g/mol. The fourth-order valence-corrected chi connectivity index (χ4v) is 8.40. The lowest BCUT2D eigenvalue weighted by Crippen LogP contribution is -2.33. The van der Waals surface area contributed by atoms with E-state index < -0.39 is 0 Å². The summed E-state index contributed by atoms with van der Waals surface area (Å²) >= 11 is 0. The molecule has 59 heavy (non-hydrogen) atoms. The maximum absolute atomic E-state index is 13.1. The Morgan fingerprint density at radius 1 is 0.373 bits per heavy atom. The lowest BCUT2D eigenvalue weighted by molar-refractivity contribution is -0.144. The van der Waals surface area contributed by atoms with Crippen LogP contribution in [0.3, 0.4) is 0 Å². The van der Waals surface area contributed by atoms with Crippen LogP contribution in [0.1, 0.15) is 259 Å². The van der Waals surface area contributed by atoms with Gasteiger partial charge in [-0.25, -0.2) is 0 Å². The van der Waals surface area contributed by atoms with Crippen LogP contribution in [0.4, 0.5) is 0 Å². The maximum atomic E-state index is 13.1. The number of unbranched alkanes of at least 4 members (excludes halogenated alkanes) is 18. The van der Waals surface area contributed by atoms with Crippen LogP contribution in [0, 0.1) is 11.8 Å². The Labute approximate surface area is 368 Å². The van der Waals surface area contributed by atoms with Gasteiger partial charge in [0.15, 0.2) is 0 Å². The molecule has 1 amide bonds. The van der Waals surface area contributed by atoms with Crippen molar-refractivity contribution in [3.8, 4) is 0 Å². The van der Waals surface area contributed by atoms with Crippen LogP contribution >= 0.6 is 0 Å². The molecule has 0 saturated carbocycles. The topological polar surface area (TPSA) is 76.1 Å². The highest BCUT2D eigenvalue weighted by atomic mass is 16.5. The molecule has 0 radical (unpaired) electrons. The molecule has 7 heteroatoms. The van der Waals surface area contributed by atoms with E-state index >= 15 is 0 Å². The summed E-state index contributed by atoms with van der Waals surface area (Å²) in [6.07, 6.45) is 41.1. The van der Waals surface area contributed by atoms with E-state index in [4.69, 9.17) is 9.47 Å². The van der Waals surface area contributed by atoms with Crippen LogP contribution in [0.15, 0.2) is 0 Å². The van der Waals surface area contributed by atoms with E-state index in [1.54, 1.807) is 0 Å². The molecule has 350 valence electrons. The predicted octanol–water partition coefficient (Wildman–Crippen LogP) is 14.8. The van der Waals surface area contributed by atoms with E-state index in [-0.39, 0.29) is 11.9 Å². The Balaban J connectivity index is 4.06. The van der Waals surface area contributed by atoms with Crippen LogP contribution in [0.2, 0.25) is 0 Å². The number of hydrogen-bond acceptors (Lipinski definition) is 6. The van der Waals surface area contributed by atoms with Gasteiger partial charge in [-0.3, -0.25) is 14.4 Å². The summed E-state index contributed by atoms with van der Waals surface area (Å²) in [7, 11) is 4.14. The third-order valence-electron chi connectivity index (χ3n) is 12.4. The molecule has 0 unspecified atom stereocenters. The number of esters is 2. The van der Waals surface area contributed by atoms with E-state index in [1.165, 1.54) is 141 Å². The second-order valence-corrected chi connectivity index (χ2v) is 18.5. The Morgan fingerprint density at radius 3 is 1.07 bits per heavy atom. The van der Waals surface area contributed by atoms with E-state index in [9.17, 15) is 14.4 Å². The zero-order chi connectivity index (χ0) is 43.4. The highest BCUT2D eigenvalue weighted by Crippen LogP contribution is 2.23. The molecule has 0 aromatic heterocycles. The van der Waals surface area contributed by atoms with E-state index in [1.807, 2.05) is 0 Å². The SMILES string of the molecule is CCCCC(CCCC)CCCCOC(=O)CCCCCCCCCN(CCCCCCCCCC(=O)OCCCCC(CCCC)CCCC)C(=O)CCCN(C)C. The van der Waals surface area contributed by atoms with Gasteiger partial charge in [-0.15, -0.1) is 0 Å². The maximum Gasteiger partial charge on any atom is 0.305 e. The Bertz CT molecular complexity index is 851. The van der Waals surface area contributed by atoms with Crippen LogP contribution in [-0.4, -0.2) is 74.6 Å². The van der Waals surface area contributed by atoms with Crippen molar-refractivity contribution in [3.63, 3.8) is 0 Å². The van der Waals surface area contributed by atoms with Crippen molar-refractivity contribution in [2.45, 2.75) is 259 Å². The molecule has 0 saturated heterocycles. The molecule has 7 nitrogen and oxygen atoms in total. The third-order valence-corrected chi connectivity index (χ3v) is 12.4. The number of ether oxygens (including phenoxy) is 2. The van der Waals surface area contributed by atoms with Gasteiger partial charge in [0.05, 0.1) is 13.2 Å². The first kappa shape index (κ1) is 57.4. The fourth-order valence-electron chi connectivity index (χ4n) is 8.40. The summed E-state index contributed by atoms with van der Waals surface area (Å²) in [5, 5.41) is 0. The minimum Gasteiger partial charge on any atom is -0.466 e. The van der Waals surface area contributed by atoms with Crippen molar-refractivity contribution >= 4 is 17.8 Å². The molecule has 0 N–H and O–H groups in total. The van der Waals surface area contributed by atoms with Gasteiger partial charge in [0.1, 0.15) is 0 Å². The average Bonchev–Trinajstić information content (AvgIpc) is 3.22. The lowest BCUT2D eigenvalue weighted by atomic mass is 9.91. The van der Waals surface area contributed by atoms with Crippen molar-refractivity contribution in [2.24, 2.45) is 11.8 Å². The van der Waals surface area contributed by atoms with E-state index in [0.29, 0.717) is 38.4 Å². The van der Waals surface area contributed by atoms with Gasteiger partial charge in [-0.1, -0.05) is 182 Å². The van der Waals surface area contributed by atoms with Gasteiger partial charge in [0.2, 0.25) is 5.91 Å². The number of carbonyl (C=O) groups is 3. The Morgan fingerprint density at radius 2 is 0.712 bits per heavy atom.